The summed E-state index contributed by atoms with van der Waals surface area (Å²) in [6.07, 6.45) is -4.80. The number of thiazole rings is 1. The van der Waals surface area contributed by atoms with Crippen LogP contribution in [0.3, 0.4) is 0 Å². The van der Waals surface area contributed by atoms with Crippen molar-refractivity contribution in [3.8, 4) is 5.75 Å². The molecule has 1 saturated heterocycles. The number of hydrogen-bond donors (Lipinski definition) is 0. The highest BCUT2D eigenvalue weighted by atomic mass is 32.2. The van der Waals surface area contributed by atoms with E-state index in [1.54, 1.807) is 31.2 Å². The van der Waals surface area contributed by atoms with Crippen molar-refractivity contribution in [2.45, 2.75) is 35.8 Å². The lowest BCUT2D eigenvalue weighted by molar-refractivity contribution is -0.144. The molecule has 5 rings (SSSR count). The Kier molecular flexibility index (Phi) is 7.06. The first-order valence-electron chi connectivity index (χ1n) is 11.8. The van der Waals surface area contributed by atoms with Crippen LogP contribution in [0.1, 0.15) is 28.8 Å². The maximum absolute atomic E-state index is 13.8. The van der Waals surface area contributed by atoms with E-state index in [1.165, 1.54) is 23.8 Å². The summed E-state index contributed by atoms with van der Waals surface area (Å²) >= 11 is 1.74. The Morgan fingerprint density at radius 2 is 1.72 bits per heavy atom. The van der Waals surface area contributed by atoms with E-state index >= 15 is 0 Å². The molecule has 13 heteroatoms. The van der Waals surface area contributed by atoms with Gasteiger partial charge in [-0.1, -0.05) is 47.4 Å². The van der Waals surface area contributed by atoms with E-state index in [0.717, 1.165) is 35.2 Å². The van der Waals surface area contributed by atoms with Gasteiger partial charge in [-0.25, -0.2) is 4.90 Å². The smallest absolute Gasteiger partial charge is 0.418 e. The van der Waals surface area contributed by atoms with Gasteiger partial charge in [0.1, 0.15) is 17.5 Å². The standard InChI is InChI=1S/C26H21F3N2O6S2/c1-3-37-17(32)12-30-24-21(39-25(30)35)18(13-8-10-14(36-2)11-9-13)19-20(38-24)23(34)31(22(19)33)16-7-5-4-6-15(16)26(27,28)29/h4-11,18-20H,3,12H2,1-2H3. The lowest BCUT2D eigenvalue weighted by Gasteiger charge is -2.30. The average molecular weight is 579 g/mol. The fourth-order valence-electron chi connectivity index (χ4n) is 4.91. The SMILES string of the molecule is CCOC(=O)Cn1c2c(sc1=O)C(c1ccc(OC)cc1)C1C(=O)N(c3ccccc3C(F)(F)F)C(=O)C1S2. The van der Waals surface area contributed by atoms with Crippen molar-refractivity contribution in [1.82, 2.24) is 4.57 Å². The van der Waals surface area contributed by atoms with E-state index in [9.17, 15) is 32.3 Å². The molecule has 8 nitrogen and oxygen atoms in total. The van der Waals surface area contributed by atoms with Crippen molar-refractivity contribution in [1.29, 1.82) is 0 Å². The van der Waals surface area contributed by atoms with E-state index in [-0.39, 0.29) is 6.61 Å². The molecule has 0 aliphatic carbocycles. The van der Waals surface area contributed by atoms with E-state index in [1.807, 2.05) is 0 Å². The van der Waals surface area contributed by atoms with Gasteiger partial charge in [0.25, 0.3) is 0 Å². The number of halogens is 3. The summed E-state index contributed by atoms with van der Waals surface area (Å²) in [7, 11) is 1.48. The number of esters is 1. The van der Waals surface area contributed by atoms with Crippen molar-refractivity contribution in [2.75, 3.05) is 18.6 Å². The summed E-state index contributed by atoms with van der Waals surface area (Å²) in [5.74, 6) is -3.64. The van der Waals surface area contributed by atoms with Crippen molar-refractivity contribution >= 4 is 46.6 Å². The van der Waals surface area contributed by atoms with Crippen molar-refractivity contribution < 1.29 is 37.0 Å². The normalized spacial score (nSPS) is 20.5. The molecule has 0 N–H and O–H groups in total. The number of hydrogen-bond acceptors (Lipinski definition) is 8. The molecule has 3 atom stereocenters. The number of benzene rings is 2. The number of thioether (sulfide) groups is 1. The highest BCUT2D eigenvalue weighted by molar-refractivity contribution is 8.00. The number of carbonyl (C=O) groups is 3. The Morgan fingerprint density at radius 1 is 1.03 bits per heavy atom. The van der Waals surface area contributed by atoms with Gasteiger partial charge in [-0.3, -0.25) is 23.7 Å². The van der Waals surface area contributed by atoms with E-state index in [4.69, 9.17) is 9.47 Å². The summed E-state index contributed by atoms with van der Waals surface area (Å²) < 4.78 is 52.9. The number of imide groups is 1. The molecular formula is C26H21F3N2O6S2. The summed E-state index contributed by atoms with van der Waals surface area (Å²) in [4.78, 5) is 53.3. The topological polar surface area (TPSA) is 94.9 Å². The second-order valence-corrected chi connectivity index (χ2v) is 10.9. The maximum atomic E-state index is 13.8. The molecule has 3 heterocycles. The molecule has 1 aromatic heterocycles. The van der Waals surface area contributed by atoms with Gasteiger partial charge in [0.2, 0.25) is 11.8 Å². The number of amides is 2. The first kappa shape index (κ1) is 27.0. The van der Waals surface area contributed by atoms with Crippen LogP contribution in [-0.4, -0.2) is 41.3 Å². The first-order valence-corrected chi connectivity index (χ1v) is 13.5. The van der Waals surface area contributed by atoms with Crippen LogP contribution in [0, 0.1) is 5.92 Å². The number of nitrogens with zero attached hydrogens (tertiary/aromatic N) is 2. The van der Waals surface area contributed by atoms with E-state index in [0.29, 0.717) is 26.1 Å². The molecule has 0 radical (unpaired) electrons. The van der Waals surface area contributed by atoms with Gasteiger partial charge in [-0.05, 0) is 36.8 Å². The number of anilines is 1. The molecule has 0 bridgehead atoms. The van der Waals surface area contributed by atoms with Crippen LogP contribution in [0.4, 0.5) is 18.9 Å². The van der Waals surface area contributed by atoms with Crippen LogP contribution in [0.5, 0.6) is 5.75 Å². The Balaban J connectivity index is 1.66. The number of methoxy groups -OCH3 is 1. The van der Waals surface area contributed by atoms with Crippen LogP contribution in [0.15, 0.2) is 58.4 Å². The Hall–Kier alpha value is -3.58. The Morgan fingerprint density at radius 3 is 2.36 bits per heavy atom. The third-order valence-electron chi connectivity index (χ3n) is 6.57. The molecule has 2 aromatic carbocycles. The van der Waals surface area contributed by atoms with Crippen LogP contribution in [-0.2, 0) is 31.8 Å². The third-order valence-corrected chi connectivity index (χ3v) is 9.17. The fourth-order valence-corrected chi connectivity index (χ4v) is 7.68. The number of ether oxygens (including phenoxy) is 2. The molecule has 0 spiro atoms. The predicted molar refractivity (Wildman–Crippen MR) is 137 cm³/mol. The Bertz CT molecular complexity index is 1520. The minimum absolute atomic E-state index is 0.104. The summed E-state index contributed by atoms with van der Waals surface area (Å²) in [5.41, 5.74) is -1.08. The minimum atomic E-state index is -4.80. The lowest BCUT2D eigenvalue weighted by atomic mass is 9.83. The van der Waals surface area contributed by atoms with Crippen molar-refractivity contribution in [2.24, 2.45) is 5.92 Å². The molecule has 39 heavy (non-hydrogen) atoms. The van der Waals surface area contributed by atoms with Gasteiger partial charge in [0.05, 0.1) is 35.9 Å². The minimum Gasteiger partial charge on any atom is -0.497 e. The highest BCUT2D eigenvalue weighted by Crippen LogP contribution is 2.54. The summed E-state index contributed by atoms with van der Waals surface area (Å²) in [6.45, 7) is 1.33. The molecular weight excluding hydrogens is 557 g/mol. The van der Waals surface area contributed by atoms with Gasteiger partial charge in [-0.15, -0.1) is 0 Å². The third kappa shape index (κ3) is 4.63. The van der Waals surface area contributed by atoms with Crippen LogP contribution in [0.25, 0.3) is 0 Å². The largest absolute Gasteiger partial charge is 0.497 e. The quantitative estimate of drug-likeness (QED) is 0.318. The molecule has 3 aromatic rings. The number of para-hydroxylation sites is 1. The van der Waals surface area contributed by atoms with Crippen LogP contribution >= 0.6 is 23.1 Å². The summed E-state index contributed by atoms with van der Waals surface area (Å²) in [6, 6.07) is 11.1. The van der Waals surface area contributed by atoms with Gasteiger partial charge in [0.15, 0.2) is 0 Å². The second-order valence-electron chi connectivity index (χ2n) is 8.77. The second kappa shape index (κ2) is 10.2. The van der Waals surface area contributed by atoms with Gasteiger partial charge >= 0.3 is 17.0 Å². The molecule has 1 fully saturated rings. The van der Waals surface area contributed by atoms with E-state index < -0.39 is 63.7 Å². The van der Waals surface area contributed by atoms with Crippen molar-refractivity contribution in [3.05, 3.63) is 74.2 Å². The number of aromatic nitrogens is 1. The molecule has 0 saturated carbocycles. The predicted octanol–water partition coefficient (Wildman–Crippen LogP) is 4.30. The highest BCUT2D eigenvalue weighted by Gasteiger charge is 2.57. The summed E-state index contributed by atoms with van der Waals surface area (Å²) in [5, 5.41) is -0.812. The molecule has 3 unspecified atom stereocenters. The maximum Gasteiger partial charge on any atom is 0.418 e. The molecule has 2 amide bonds. The molecule has 204 valence electrons. The number of fused-ring (bicyclic) bond motifs is 2. The zero-order valence-electron chi connectivity index (χ0n) is 20.6. The lowest BCUT2D eigenvalue weighted by Crippen LogP contribution is -2.33. The Labute approximate surface area is 228 Å². The van der Waals surface area contributed by atoms with Crippen LogP contribution in [0.2, 0.25) is 0 Å². The zero-order chi connectivity index (χ0) is 28.1. The first-order chi connectivity index (χ1) is 18.6. The van der Waals surface area contributed by atoms with E-state index in [2.05, 4.69) is 0 Å². The van der Waals surface area contributed by atoms with Crippen LogP contribution < -0.4 is 14.5 Å². The van der Waals surface area contributed by atoms with Crippen molar-refractivity contribution in [3.63, 3.8) is 0 Å². The number of carbonyl (C=O) groups excluding carboxylic acids is 3. The van der Waals surface area contributed by atoms with Gasteiger partial charge < -0.3 is 9.47 Å². The number of rotatable bonds is 6. The van der Waals surface area contributed by atoms with Gasteiger partial charge in [0, 0.05) is 10.8 Å². The number of alkyl halides is 3. The zero-order valence-corrected chi connectivity index (χ0v) is 22.2. The molecule has 2 aliphatic heterocycles. The van der Waals surface area contributed by atoms with Gasteiger partial charge in [-0.2, -0.15) is 13.2 Å². The average Bonchev–Trinajstić information content (AvgIpc) is 3.34. The fraction of sp³-hybridized carbons (Fsp3) is 0.308. The molecule has 2 aliphatic rings. The monoisotopic (exact) mass is 578 g/mol.